The van der Waals surface area contributed by atoms with Crippen LogP contribution in [-0.2, 0) is 19.1 Å². The maximum Gasteiger partial charge on any atom is 0.269 e. The Balaban J connectivity index is 1.49. The van der Waals surface area contributed by atoms with E-state index in [9.17, 15) is 9.59 Å². The van der Waals surface area contributed by atoms with Gasteiger partial charge in [-0.3, -0.25) is 9.59 Å². The molecule has 3 saturated carbocycles. The number of fused-ring (bicyclic) bond motifs is 4. The molecular formula is C20H32N2O4. The molecule has 6 nitrogen and oxygen atoms in total. The van der Waals surface area contributed by atoms with Gasteiger partial charge in [0.05, 0.1) is 0 Å². The van der Waals surface area contributed by atoms with Gasteiger partial charge in [-0.25, -0.2) is 0 Å². The van der Waals surface area contributed by atoms with Crippen LogP contribution in [0.5, 0.6) is 0 Å². The number of likely N-dealkylation sites (tertiary alicyclic amines) is 1. The van der Waals surface area contributed by atoms with E-state index >= 15 is 0 Å². The largest absolute Gasteiger partial charge is 0.374 e. The molecule has 0 aromatic rings. The summed E-state index contributed by atoms with van der Waals surface area (Å²) in [7, 11) is 1.71. The number of carbonyl (C=O) groups excluding carboxylic acids is 2. The molecule has 0 radical (unpaired) electrons. The second kappa shape index (κ2) is 5.68. The minimum Gasteiger partial charge on any atom is -0.374 e. The average molecular weight is 364 g/mol. The fourth-order valence-corrected chi connectivity index (χ4v) is 6.02. The molecule has 3 aliphatic carbocycles. The molecule has 2 amide bonds. The first-order valence-corrected chi connectivity index (χ1v) is 10.0. The Morgan fingerprint density at radius 1 is 1.35 bits per heavy atom. The zero-order valence-electron chi connectivity index (χ0n) is 16.6. The van der Waals surface area contributed by atoms with Gasteiger partial charge >= 0.3 is 0 Å². The van der Waals surface area contributed by atoms with Crippen molar-refractivity contribution >= 4 is 11.8 Å². The van der Waals surface area contributed by atoms with Crippen LogP contribution in [0.3, 0.4) is 0 Å². The average Bonchev–Trinajstić information content (AvgIpc) is 3.02. The summed E-state index contributed by atoms with van der Waals surface area (Å²) in [5, 5.41) is 3.07. The molecule has 0 unspecified atom stereocenters. The maximum atomic E-state index is 13.2. The van der Waals surface area contributed by atoms with Crippen LogP contribution in [0, 0.1) is 23.2 Å². The second-order valence-electron chi connectivity index (χ2n) is 9.43. The van der Waals surface area contributed by atoms with Gasteiger partial charge in [0.25, 0.3) is 17.4 Å². The minimum atomic E-state index is -1.52. The van der Waals surface area contributed by atoms with Gasteiger partial charge in [-0.1, -0.05) is 13.8 Å². The normalized spacial score (nSPS) is 45.6. The van der Waals surface area contributed by atoms with E-state index in [0.29, 0.717) is 36.8 Å². The Bertz CT molecular complexity index is 633. The molecule has 5 fully saturated rings. The van der Waals surface area contributed by atoms with Crippen molar-refractivity contribution in [3.8, 4) is 0 Å². The number of rotatable bonds is 5. The third-order valence-corrected chi connectivity index (χ3v) is 7.96. The van der Waals surface area contributed by atoms with Crippen molar-refractivity contribution in [3.05, 3.63) is 0 Å². The molecule has 0 spiro atoms. The van der Waals surface area contributed by atoms with Crippen LogP contribution in [-0.4, -0.2) is 54.3 Å². The summed E-state index contributed by atoms with van der Waals surface area (Å²) < 4.78 is 11.8. The number of amides is 2. The van der Waals surface area contributed by atoms with E-state index in [-0.39, 0.29) is 11.8 Å². The van der Waals surface area contributed by atoms with Crippen molar-refractivity contribution in [2.24, 2.45) is 23.2 Å². The lowest BCUT2D eigenvalue weighted by Crippen LogP contribution is -2.63. The first-order chi connectivity index (χ1) is 12.2. The summed E-state index contributed by atoms with van der Waals surface area (Å²) in [6.07, 6.45) is 3.69. The van der Waals surface area contributed by atoms with Gasteiger partial charge in [0.2, 0.25) is 0 Å². The summed E-state index contributed by atoms with van der Waals surface area (Å²) in [6.45, 7) is 9.52. The number of nitrogens with one attached hydrogen (secondary N) is 1. The summed E-state index contributed by atoms with van der Waals surface area (Å²) in [4.78, 5) is 27.6. The van der Waals surface area contributed by atoms with Crippen LogP contribution < -0.4 is 5.32 Å². The maximum absolute atomic E-state index is 13.2. The van der Waals surface area contributed by atoms with Crippen molar-refractivity contribution in [3.63, 3.8) is 0 Å². The van der Waals surface area contributed by atoms with E-state index in [4.69, 9.17) is 9.47 Å². The van der Waals surface area contributed by atoms with E-state index in [1.165, 1.54) is 12.8 Å². The lowest BCUT2D eigenvalue weighted by atomic mass is 9.45. The molecule has 2 aliphatic heterocycles. The van der Waals surface area contributed by atoms with Crippen molar-refractivity contribution in [2.45, 2.75) is 70.8 Å². The number of piperidine rings is 1. The number of likely N-dealkylation sites (N-methyl/N-ethyl adjacent to an activating group) is 1. The van der Waals surface area contributed by atoms with Crippen molar-refractivity contribution < 1.29 is 19.1 Å². The standard InChI is InChI=1S/C20H32N2O4/c1-6-25-15-10-19(4)22(5)17(24)20(15,26-19)16(23)21-11-12-7-8-13-9-14(12)18(13,2)3/h12-15H,6-11H2,1-5H3,(H,21,23)/t12-,13-,14-,15+,19+,20+/m0/s1. The van der Waals surface area contributed by atoms with Crippen molar-refractivity contribution in [2.75, 3.05) is 20.2 Å². The monoisotopic (exact) mass is 364 g/mol. The molecule has 2 saturated heterocycles. The molecule has 26 heavy (non-hydrogen) atoms. The molecule has 0 aromatic heterocycles. The minimum absolute atomic E-state index is 0.283. The lowest BCUT2D eigenvalue weighted by Gasteiger charge is -2.60. The van der Waals surface area contributed by atoms with Gasteiger partial charge in [-0.2, -0.15) is 0 Å². The van der Waals surface area contributed by atoms with Gasteiger partial charge in [-0.05, 0) is 56.3 Å². The Morgan fingerprint density at radius 3 is 2.65 bits per heavy atom. The number of ether oxygens (including phenoxy) is 2. The molecule has 6 heteroatoms. The Labute approximate surface area is 156 Å². The second-order valence-corrected chi connectivity index (χ2v) is 9.43. The van der Waals surface area contributed by atoms with Crippen LogP contribution in [0.15, 0.2) is 0 Å². The molecule has 1 N–H and O–H groups in total. The molecule has 146 valence electrons. The number of hydrogen-bond acceptors (Lipinski definition) is 4. The van der Waals surface area contributed by atoms with E-state index in [1.54, 1.807) is 11.9 Å². The first-order valence-electron chi connectivity index (χ1n) is 10.0. The van der Waals surface area contributed by atoms with Crippen molar-refractivity contribution in [1.82, 2.24) is 10.2 Å². The predicted octanol–water partition coefficient (Wildman–Crippen LogP) is 1.93. The first kappa shape index (κ1) is 18.2. The van der Waals surface area contributed by atoms with Crippen LogP contribution in [0.4, 0.5) is 0 Å². The van der Waals surface area contributed by atoms with Crippen LogP contribution in [0.2, 0.25) is 0 Å². The Morgan fingerprint density at radius 2 is 2.08 bits per heavy atom. The van der Waals surface area contributed by atoms with E-state index in [2.05, 4.69) is 19.2 Å². The number of hydrogen-bond donors (Lipinski definition) is 1. The fraction of sp³-hybridized carbons (Fsp3) is 0.900. The smallest absolute Gasteiger partial charge is 0.269 e. The highest BCUT2D eigenvalue weighted by Crippen LogP contribution is 2.61. The highest BCUT2D eigenvalue weighted by molar-refractivity contribution is 6.11. The molecule has 0 aromatic carbocycles. The zero-order valence-corrected chi connectivity index (χ0v) is 16.6. The third-order valence-electron chi connectivity index (χ3n) is 7.96. The van der Waals surface area contributed by atoms with E-state index < -0.39 is 17.4 Å². The quantitative estimate of drug-likeness (QED) is 0.757. The highest BCUT2D eigenvalue weighted by atomic mass is 16.6. The topological polar surface area (TPSA) is 67.9 Å². The number of carbonyl (C=O) groups is 2. The fourth-order valence-electron chi connectivity index (χ4n) is 6.02. The SMILES string of the molecule is CCO[C@@H]1C[C@@]2(C)O[C@]1(C(=O)NC[C@@H]1CC[C@H]3C[C@@H]1C3(C)C)C(=O)N2C. The third kappa shape index (κ3) is 2.18. The van der Waals surface area contributed by atoms with Crippen LogP contribution >= 0.6 is 0 Å². The lowest BCUT2D eigenvalue weighted by molar-refractivity contribution is -0.162. The number of nitrogens with zero attached hydrogens (tertiary/aromatic N) is 1. The van der Waals surface area contributed by atoms with Gasteiger partial charge in [0.15, 0.2) is 0 Å². The summed E-state index contributed by atoms with van der Waals surface area (Å²) in [5.74, 6) is 1.38. The van der Waals surface area contributed by atoms with Gasteiger partial charge in [0.1, 0.15) is 11.8 Å². The van der Waals surface area contributed by atoms with Gasteiger partial charge < -0.3 is 19.7 Å². The molecule has 6 atom stereocenters. The Kier molecular flexibility index (Phi) is 3.98. The van der Waals surface area contributed by atoms with Gasteiger partial charge in [0, 0.05) is 26.6 Å². The van der Waals surface area contributed by atoms with Crippen LogP contribution in [0.25, 0.3) is 0 Å². The van der Waals surface area contributed by atoms with Crippen LogP contribution in [0.1, 0.15) is 53.4 Å². The Hall–Kier alpha value is -1.14. The molecule has 2 heterocycles. The molecule has 5 aliphatic rings. The predicted molar refractivity (Wildman–Crippen MR) is 96.1 cm³/mol. The zero-order chi connectivity index (χ0) is 18.9. The van der Waals surface area contributed by atoms with E-state index in [0.717, 1.165) is 12.3 Å². The van der Waals surface area contributed by atoms with E-state index in [1.807, 2.05) is 13.8 Å². The highest BCUT2D eigenvalue weighted by Gasteiger charge is 2.72. The van der Waals surface area contributed by atoms with Gasteiger partial charge in [-0.15, -0.1) is 0 Å². The summed E-state index contributed by atoms with van der Waals surface area (Å²) >= 11 is 0. The van der Waals surface area contributed by atoms with Crippen molar-refractivity contribution in [1.29, 1.82) is 0 Å². The summed E-state index contributed by atoms with van der Waals surface area (Å²) in [6, 6.07) is 0. The summed E-state index contributed by atoms with van der Waals surface area (Å²) in [5.41, 5.74) is -1.90. The molecule has 5 rings (SSSR count). The molecule has 4 bridgehead atoms. The molecular weight excluding hydrogens is 332 g/mol.